The van der Waals surface area contributed by atoms with Gasteiger partial charge in [-0.25, -0.2) is 4.79 Å². The van der Waals surface area contributed by atoms with Gasteiger partial charge in [-0.05, 0) is 6.92 Å². The van der Waals surface area contributed by atoms with Crippen molar-refractivity contribution in [3.63, 3.8) is 0 Å². The Labute approximate surface area is 48.5 Å². The summed E-state index contributed by atoms with van der Waals surface area (Å²) in [7, 11) is 0. The van der Waals surface area contributed by atoms with Gasteiger partial charge in [-0.1, -0.05) is 0 Å². The first-order valence-electron chi connectivity index (χ1n) is 2.70. The molecule has 2 unspecified atom stereocenters. The van der Waals surface area contributed by atoms with Crippen LogP contribution in [0.25, 0.3) is 0 Å². The van der Waals surface area contributed by atoms with Crippen LogP contribution in [0.3, 0.4) is 0 Å². The summed E-state index contributed by atoms with van der Waals surface area (Å²) in [5.41, 5.74) is 0. The van der Waals surface area contributed by atoms with E-state index in [-0.39, 0.29) is 11.7 Å². The van der Waals surface area contributed by atoms with E-state index in [1.54, 1.807) is 13.8 Å². The topological polar surface area (TPSA) is 37.3 Å². The molecule has 0 aromatic heterocycles. The number of hydrogen-bond donors (Lipinski definition) is 1. The Kier molecular flexibility index (Phi) is 1.05. The van der Waals surface area contributed by atoms with Crippen LogP contribution in [0.4, 0.5) is 0 Å². The van der Waals surface area contributed by atoms with Crippen molar-refractivity contribution in [1.29, 1.82) is 0 Å². The molecule has 2 atom stereocenters. The van der Waals surface area contributed by atoms with Gasteiger partial charge in [0.2, 0.25) is 6.10 Å². The predicted molar refractivity (Wildman–Crippen MR) is 29.1 cm³/mol. The molecule has 0 amide bonds. The van der Waals surface area contributed by atoms with E-state index >= 15 is 0 Å². The molecular formula is C6H9O2+. The van der Waals surface area contributed by atoms with Gasteiger partial charge < -0.3 is 5.11 Å². The monoisotopic (exact) mass is 113 g/mol. The van der Waals surface area contributed by atoms with Crippen LogP contribution in [-0.2, 0) is 4.79 Å². The van der Waals surface area contributed by atoms with Gasteiger partial charge in [-0.3, -0.25) is 0 Å². The normalized spacial score (nSPS) is 37.4. The molecule has 1 fully saturated rings. The molecule has 0 spiro atoms. The lowest BCUT2D eigenvalue weighted by molar-refractivity contribution is -0.133. The number of ketones is 1. The molecule has 0 heterocycles. The van der Waals surface area contributed by atoms with Crippen LogP contribution in [0.1, 0.15) is 13.8 Å². The highest BCUT2D eigenvalue weighted by atomic mass is 16.3. The fraction of sp³-hybridized carbons (Fsp3) is 0.667. The minimum absolute atomic E-state index is 0.109. The van der Waals surface area contributed by atoms with Crippen LogP contribution in [0.2, 0.25) is 0 Å². The molecule has 0 aromatic carbocycles. The number of aliphatic hydroxyl groups is 1. The summed E-state index contributed by atoms with van der Waals surface area (Å²) >= 11 is 0. The number of hydrogen-bond acceptors (Lipinski definition) is 2. The highest BCUT2D eigenvalue weighted by molar-refractivity contribution is 6.01. The minimum Gasteiger partial charge on any atom is -0.352 e. The highest BCUT2D eigenvalue weighted by Crippen LogP contribution is 2.30. The van der Waals surface area contributed by atoms with Crippen molar-refractivity contribution in [2.75, 3.05) is 0 Å². The highest BCUT2D eigenvalue weighted by Gasteiger charge is 2.55. The Morgan fingerprint density at radius 2 is 2.25 bits per heavy atom. The van der Waals surface area contributed by atoms with Crippen molar-refractivity contribution in [3.05, 3.63) is 5.92 Å². The molecule has 44 valence electrons. The van der Waals surface area contributed by atoms with Crippen molar-refractivity contribution >= 4 is 5.78 Å². The van der Waals surface area contributed by atoms with Gasteiger partial charge in [0.15, 0.2) is 5.92 Å². The van der Waals surface area contributed by atoms with Crippen LogP contribution in [0.15, 0.2) is 0 Å². The van der Waals surface area contributed by atoms with E-state index in [1.807, 2.05) is 0 Å². The van der Waals surface area contributed by atoms with E-state index in [2.05, 4.69) is 0 Å². The van der Waals surface area contributed by atoms with E-state index in [0.29, 0.717) is 5.92 Å². The summed E-state index contributed by atoms with van der Waals surface area (Å²) in [5.74, 6) is 0.574. The fourth-order valence-electron chi connectivity index (χ4n) is 0.927. The molecule has 0 aromatic rings. The van der Waals surface area contributed by atoms with E-state index in [4.69, 9.17) is 5.11 Å². The molecular weight excluding hydrogens is 104 g/mol. The van der Waals surface area contributed by atoms with Crippen molar-refractivity contribution in [1.82, 2.24) is 0 Å². The number of Topliss-reactive ketones (excluding diaryl/α,β-unsaturated/α-hetero) is 1. The predicted octanol–water partition coefficient (Wildman–Crippen LogP) is 0.160. The number of carbonyl (C=O) groups is 1. The van der Waals surface area contributed by atoms with Gasteiger partial charge in [-0.2, -0.15) is 0 Å². The Bertz CT molecular complexity index is 108. The molecule has 0 radical (unpaired) electrons. The summed E-state index contributed by atoms with van der Waals surface area (Å²) in [5, 5.41) is 8.90. The zero-order valence-electron chi connectivity index (χ0n) is 5.01. The number of rotatable bonds is 0. The van der Waals surface area contributed by atoms with Gasteiger partial charge in [0.25, 0.3) is 0 Å². The first-order chi connectivity index (χ1) is 3.64. The lowest BCUT2D eigenvalue weighted by atomic mass is 9.73. The van der Waals surface area contributed by atoms with Crippen LogP contribution in [0, 0.1) is 11.8 Å². The third kappa shape index (κ3) is 0.464. The molecule has 1 aliphatic rings. The molecule has 1 aliphatic carbocycles. The second-order valence-corrected chi connectivity index (χ2v) is 2.28. The van der Waals surface area contributed by atoms with Crippen molar-refractivity contribution in [3.8, 4) is 0 Å². The molecule has 0 aliphatic heterocycles. The zero-order valence-corrected chi connectivity index (χ0v) is 5.01. The smallest absolute Gasteiger partial charge is 0.321 e. The molecule has 8 heavy (non-hydrogen) atoms. The summed E-state index contributed by atoms with van der Waals surface area (Å²) in [6.07, 6.45) is -0.456. The lowest BCUT2D eigenvalue weighted by Crippen LogP contribution is -2.47. The molecule has 0 bridgehead atoms. The Hall–Kier alpha value is -0.500. The third-order valence-electron chi connectivity index (χ3n) is 1.72. The standard InChI is InChI=1S/C6H9O2/c1-3-5(7)4(2)6(3)8/h3,5,7H,1-2H3/q+1. The second-order valence-electron chi connectivity index (χ2n) is 2.28. The maximum absolute atomic E-state index is 10.6. The average molecular weight is 113 g/mol. The largest absolute Gasteiger partial charge is 0.352 e. The van der Waals surface area contributed by atoms with Crippen LogP contribution >= 0.6 is 0 Å². The number of aliphatic hydroxyl groups excluding tert-OH is 1. The van der Waals surface area contributed by atoms with Crippen LogP contribution in [-0.4, -0.2) is 17.0 Å². The van der Waals surface area contributed by atoms with E-state index in [9.17, 15) is 4.79 Å². The van der Waals surface area contributed by atoms with Gasteiger partial charge in [0, 0.05) is 0 Å². The summed E-state index contributed by atoms with van der Waals surface area (Å²) in [6.45, 7) is 3.41. The quantitative estimate of drug-likeness (QED) is 0.454. The van der Waals surface area contributed by atoms with Gasteiger partial charge in [0.1, 0.15) is 5.92 Å². The summed E-state index contributed by atoms with van der Waals surface area (Å²) < 4.78 is 0. The summed E-state index contributed by atoms with van der Waals surface area (Å²) in [4.78, 5) is 10.6. The fourth-order valence-corrected chi connectivity index (χ4v) is 0.927. The Morgan fingerprint density at radius 3 is 2.38 bits per heavy atom. The Morgan fingerprint density at radius 1 is 1.75 bits per heavy atom. The van der Waals surface area contributed by atoms with Crippen LogP contribution < -0.4 is 0 Å². The summed E-state index contributed by atoms with van der Waals surface area (Å²) in [6, 6.07) is 0. The lowest BCUT2D eigenvalue weighted by Gasteiger charge is -2.21. The minimum atomic E-state index is -0.456. The van der Waals surface area contributed by atoms with Gasteiger partial charge >= 0.3 is 5.78 Å². The first kappa shape index (κ1) is 5.63. The molecule has 2 nitrogen and oxygen atoms in total. The molecule has 1 rings (SSSR count). The molecule has 0 saturated heterocycles. The molecule has 2 heteroatoms. The molecule has 1 saturated carbocycles. The maximum Gasteiger partial charge on any atom is 0.321 e. The second kappa shape index (κ2) is 1.49. The van der Waals surface area contributed by atoms with Crippen molar-refractivity contribution < 1.29 is 9.90 Å². The first-order valence-corrected chi connectivity index (χ1v) is 2.70. The van der Waals surface area contributed by atoms with Gasteiger partial charge in [-0.15, -0.1) is 0 Å². The number of carbonyl (C=O) groups excluding carboxylic acids is 1. The van der Waals surface area contributed by atoms with E-state index in [0.717, 1.165) is 0 Å². The Balaban J connectivity index is 2.55. The van der Waals surface area contributed by atoms with Crippen LogP contribution in [0.5, 0.6) is 0 Å². The molecule has 1 N–H and O–H groups in total. The SMILES string of the molecule is C[C+]1C(=O)C(C)C1O. The van der Waals surface area contributed by atoms with E-state index < -0.39 is 6.10 Å². The van der Waals surface area contributed by atoms with Crippen molar-refractivity contribution in [2.24, 2.45) is 5.92 Å². The van der Waals surface area contributed by atoms with Crippen molar-refractivity contribution in [2.45, 2.75) is 20.0 Å². The average Bonchev–Trinajstić information content (AvgIpc) is 1.83. The van der Waals surface area contributed by atoms with E-state index in [1.165, 1.54) is 0 Å². The zero-order chi connectivity index (χ0) is 6.31. The third-order valence-corrected chi connectivity index (χ3v) is 1.72. The van der Waals surface area contributed by atoms with Gasteiger partial charge in [0.05, 0.1) is 6.92 Å². The maximum atomic E-state index is 10.6.